The van der Waals surface area contributed by atoms with Crippen molar-refractivity contribution >= 4 is 16.7 Å². The molecule has 0 radical (unpaired) electrons. The third kappa shape index (κ3) is 3.37. The van der Waals surface area contributed by atoms with Crippen molar-refractivity contribution in [1.29, 1.82) is 0 Å². The van der Waals surface area contributed by atoms with E-state index in [1.165, 1.54) is 0 Å². The van der Waals surface area contributed by atoms with Gasteiger partial charge < -0.3 is 18.8 Å². The van der Waals surface area contributed by atoms with Crippen molar-refractivity contribution < 1.29 is 13.9 Å². The Balaban J connectivity index is 1.74. The maximum absolute atomic E-state index is 12.1. The first-order chi connectivity index (χ1) is 13.2. The Hall–Kier alpha value is -2.95. The maximum atomic E-state index is 12.1. The van der Waals surface area contributed by atoms with Crippen molar-refractivity contribution in [2.75, 3.05) is 18.7 Å². The molecule has 1 aliphatic rings. The summed E-state index contributed by atoms with van der Waals surface area (Å²) in [5.41, 5.74) is 3.34. The van der Waals surface area contributed by atoms with Crippen LogP contribution in [0.15, 0.2) is 51.7 Å². The zero-order valence-corrected chi connectivity index (χ0v) is 15.7. The van der Waals surface area contributed by atoms with Gasteiger partial charge in [0, 0.05) is 17.1 Å². The van der Waals surface area contributed by atoms with Gasteiger partial charge in [-0.1, -0.05) is 13.3 Å². The summed E-state index contributed by atoms with van der Waals surface area (Å²) in [6, 6.07) is 13.5. The molecule has 0 N–H and O–H groups in total. The summed E-state index contributed by atoms with van der Waals surface area (Å²) in [7, 11) is 1.65. The molecule has 0 saturated carbocycles. The summed E-state index contributed by atoms with van der Waals surface area (Å²) in [6.45, 7) is 3.22. The lowest BCUT2D eigenvalue weighted by Crippen LogP contribution is -2.32. The molecule has 5 heteroatoms. The molecule has 0 atom stereocenters. The normalized spacial score (nSPS) is 13.3. The Labute approximate surface area is 158 Å². The van der Waals surface area contributed by atoms with Gasteiger partial charge in [-0.3, -0.25) is 0 Å². The van der Waals surface area contributed by atoms with Gasteiger partial charge in [-0.25, -0.2) is 4.79 Å². The SMILES string of the molecule is CCCCc1cc(=O)oc2c3c(ccc12)OCN(c1ccc(OC)cc1)C3. The van der Waals surface area contributed by atoms with Crippen molar-refractivity contribution in [2.24, 2.45) is 0 Å². The first-order valence-electron chi connectivity index (χ1n) is 9.30. The van der Waals surface area contributed by atoms with Crippen LogP contribution in [-0.4, -0.2) is 13.8 Å². The molecule has 0 saturated heterocycles. The van der Waals surface area contributed by atoms with E-state index >= 15 is 0 Å². The molecular formula is C22H23NO4. The van der Waals surface area contributed by atoms with Crippen LogP contribution in [0.1, 0.15) is 30.9 Å². The van der Waals surface area contributed by atoms with E-state index in [4.69, 9.17) is 13.9 Å². The predicted octanol–water partition coefficient (Wildman–Crippen LogP) is 4.50. The van der Waals surface area contributed by atoms with Gasteiger partial charge in [-0.05, 0) is 54.8 Å². The molecule has 27 heavy (non-hydrogen) atoms. The van der Waals surface area contributed by atoms with Crippen LogP contribution in [-0.2, 0) is 13.0 Å². The van der Waals surface area contributed by atoms with Crippen molar-refractivity contribution in [2.45, 2.75) is 32.7 Å². The van der Waals surface area contributed by atoms with Crippen LogP contribution >= 0.6 is 0 Å². The first kappa shape index (κ1) is 17.5. The Morgan fingerprint density at radius 1 is 1.15 bits per heavy atom. The molecule has 2 heterocycles. The number of methoxy groups -OCH3 is 1. The van der Waals surface area contributed by atoms with Crippen LogP contribution < -0.4 is 20.0 Å². The van der Waals surface area contributed by atoms with Crippen LogP contribution in [0.3, 0.4) is 0 Å². The zero-order chi connectivity index (χ0) is 18.8. The van der Waals surface area contributed by atoms with E-state index < -0.39 is 0 Å². The van der Waals surface area contributed by atoms with Crippen LogP contribution in [0.4, 0.5) is 5.69 Å². The second kappa shape index (κ2) is 7.35. The molecule has 1 aromatic heterocycles. The van der Waals surface area contributed by atoms with E-state index in [1.54, 1.807) is 13.2 Å². The third-order valence-electron chi connectivity index (χ3n) is 5.02. The van der Waals surface area contributed by atoms with E-state index in [9.17, 15) is 4.79 Å². The topological polar surface area (TPSA) is 51.9 Å². The highest BCUT2D eigenvalue weighted by atomic mass is 16.5. The van der Waals surface area contributed by atoms with Crippen LogP contribution in [0.5, 0.6) is 11.5 Å². The van der Waals surface area contributed by atoms with Gasteiger partial charge in [0.1, 0.15) is 17.1 Å². The average molecular weight is 365 g/mol. The Kier molecular flexibility index (Phi) is 4.75. The Bertz CT molecular complexity index is 1010. The second-order valence-electron chi connectivity index (χ2n) is 6.78. The smallest absolute Gasteiger partial charge is 0.336 e. The molecule has 0 bridgehead atoms. The monoisotopic (exact) mass is 365 g/mol. The number of ether oxygens (including phenoxy) is 2. The number of anilines is 1. The summed E-state index contributed by atoms with van der Waals surface area (Å²) in [5.74, 6) is 1.59. The quantitative estimate of drug-likeness (QED) is 0.623. The van der Waals surface area contributed by atoms with Gasteiger partial charge >= 0.3 is 5.63 Å². The highest BCUT2D eigenvalue weighted by Crippen LogP contribution is 2.35. The summed E-state index contributed by atoms with van der Waals surface area (Å²) >= 11 is 0. The Morgan fingerprint density at radius 2 is 1.96 bits per heavy atom. The maximum Gasteiger partial charge on any atom is 0.336 e. The van der Waals surface area contributed by atoms with Crippen molar-refractivity contribution in [3.63, 3.8) is 0 Å². The zero-order valence-electron chi connectivity index (χ0n) is 15.7. The summed E-state index contributed by atoms with van der Waals surface area (Å²) < 4.78 is 16.8. The molecule has 1 aliphatic heterocycles. The summed E-state index contributed by atoms with van der Waals surface area (Å²) in [5, 5.41) is 1.00. The van der Waals surface area contributed by atoms with Crippen LogP contribution in [0.2, 0.25) is 0 Å². The van der Waals surface area contributed by atoms with Gasteiger partial charge in [0.25, 0.3) is 0 Å². The lowest BCUT2D eigenvalue weighted by atomic mass is 10.0. The van der Waals surface area contributed by atoms with Crippen molar-refractivity contribution in [3.8, 4) is 11.5 Å². The fourth-order valence-corrected chi connectivity index (χ4v) is 3.53. The van der Waals surface area contributed by atoms with Crippen molar-refractivity contribution in [3.05, 3.63) is 64.0 Å². The van der Waals surface area contributed by atoms with E-state index in [0.717, 1.165) is 53.0 Å². The highest BCUT2D eigenvalue weighted by Gasteiger charge is 2.22. The van der Waals surface area contributed by atoms with Gasteiger partial charge in [-0.2, -0.15) is 0 Å². The minimum absolute atomic E-state index is 0.302. The van der Waals surface area contributed by atoms with Gasteiger partial charge in [0.15, 0.2) is 6.73 Å². The lowest BCUT2D eigenvalue weighted by molar-refractivity contribution is 0.289. The minimum atomic E-state index is -0.302. The number of benzene rings is 2. The third-order valence-corrected chi connectivity index (χ3v) is 5.02. The van der Waals surface area contributed by atoms with E-state index in [0.29, 0.717) is 18.9 Å². The highest BCUT2D eigenvalue weighted by molar-refractivity contribution is 5.85. The number of nitrogens with zero attached hydrogens (tertiary/aromatic N) is 1. The largest absolute Gasteiger partial charge is 0.497 e. The molecule has 3 aromatic rings. The second-order valence-corrected chi connectivity index (χ2v) is 6.78. The van der Waals surface area contributed by atoms with E-state index in [-0.39, 0.29) is 5.63 Å². The molecule has 0 fully saturated rings. The average Bonchev–Trinajstić information content (AvgIpc) is 2.71. The fraction of sp³-hybridized carbons (Fsp3) is 0.318. The minimum Gasteiger partial charge on any atom is -0.497 e. The van der Waals surface area contributed by atoms with E-state index in [2.05, 4.69) is 11.8 Å². The summed E-state index contributed by atoms with van der Waals surface area (Å²) in [6.07, 6.45) is 3.01. The van der Waals surface area contributed by atoms with Gasteiger partial charge in [0.2, 0.25) is 0 Å². The lowest BCUT2D eigenvalue weighted by Gasteiger charge is -2.31. The van der Waals surface area contributed by atoms with Crippen LogP contribution in [0.25, 0.3) is 11.0 Å². The van der Waals surface area contributed by atoms with Crippen molar-refractivity contribution in [1.82, 2.24) is 0 Å². The molecule has 0 unspecified atom stereocenters. The standard InChI is InChI=1S/C22H23NO4/c1-3-4-5-15-12-21(24)27-22-18(15)10-11-20-19(22)13-23(14-26-20)16-6-8-17(25-2)9-7-16/h6-12H,3-5,13-14H2,1-2H3. The number of hydrogen-bond donors (Lipinski definition) is 0. The molecule has 0 aliphatic carbocycles. The van der Waals surface area contributed by atoms with E-state index in [1.807, 2.05) is 36.4 Å². The van der Waals surface area contributed by atoms with Gasteiger partial charge in [-0.15, -0.1) is 0 Å². The predicted molar refractivity (Wildman–Crippen MR) is 106 cm³/mol. The summed E-state index contributed by atoms with van der Waals surface area (Å²) in [4.78, 5) is 14.3. The van der Waals surface area contributed by atoms with Crippen LogP contribution in [0, 0.1) is 0 Å². The molecule has 0 amide bonds. The molecule has 5 nitrogen and oxygen atoms in total. The Morgan fingerprint density at radius 3 is 2.70 bits per heavy atom. The molecular weight excluding hydrogens is 342 g/mol. The fourth-order valence-electron chi connectivity index (χ4n) is 3.53. The first-order valence-corrected chi connectivity index (χ1v) is 9.30. The number of aryl methyl sites for hydroxylation is 1. The van der Waals surface area contributed by atoms with Gasteiger partial charge in [0.05, 0.1) is 19.2 Å². The number of fused-ring (bicyclic) bond motifs is 3. The molecule has 2 aromatic carbocycles. The molecule has 0 spiro atoms. The number of rotatable bonds is 5. The molecule has 140 valence electrons. The molecule has 4 rings (SSSR count). The number of unbranched alkanes of at least 4 members (excludes halogenated alkanes) is 1. The number of hydrogen-bond acceptors (Lipinski definition) is 5.